The Morgan fingerprint density at radius 2 is 1.42 bits per heavy atom. The predicted octanol–water partition coefficient (Wildman–Crippen LogP) is 9.55. The topological polar surface area (TPSA) is 116 Å². The maximum absolute atomic E-state index is 15.5. The number of carbonyl (C=O) groups excluding carboxylic acids is 4. The summed E-state index contributed by atoms with van der Waals surface area (Å²) in [6, 6.07) is 14.8. The standard InChI is InChI=1S/C43H33Cl2F6N3O6/c1-19-12-21(13-20(2)36(19)55)35-28-9-10-29-34(39(58)53(37(29)56)26-15-23(42(46,47)48)14-24(16-26)43(49,50)51)30(28)18-31-38(57)54(52-33-11-6-25(44)17-32(33)45)40(59)41(31,35)22-4-7-27(60-3)8-5-22/h4-9,11-17,29-31,34-35,52,55H,10,18H2,1-3H3. The minimum atomic E-state index is -5.25. The highest BCUT2D eigenvalue weighted by molar-refractivity contribution is 6.36. The van der Waals surface area contributed by atoms with Crippen LogP contribution in [0.2, 0.25) is 10.0 Å². The van der Waals surface area contributed by atoms with Crippen LogP contribution in [0.25, 0.3) is 0 Å². The summed E-state index contributed by atoms with van der Waals surface area (Å²) in [6.45, 7) is 3.29. The third kappa shape index (κ3) is 6.30. The number of hydrogen-bond donors (Lipinski definition) is 2. The van der Waals surface area contributed by atoms with Gasteiger partial charge in [-0.25, -0.2) is 4.90 Å². The Morgan fingerprint density at radius 3 is 1.98 bits per heavy atom. The molecular weight excluding hydrogens is 839 g/mol. The van der Waals surface area contributed by atoms with Crippen LogP contribution >= 0.6 is 23.2 Å². The van der Waals surface area contributed by atoms with E-state index in [1.54, 1.807) is 56.3 Å². The van der Waals surface area contributed by atoms with Crippen molar-refractivity contribution in [3.8, 4) is 11.5 Å². The zero-order valence-corrected chi connectivity index (χ0v) is 33.2. The molecule has 2 aliphatic heterocycles. The number of anilines is 2. The van der Waals surface area contributed by atoms with Crippen LogP contribution in [0.1, 0.15) is 52.1 Å². The summed E-state index contributed by atoms with van der Waals surface area (Å²) in [6.07, 6.45) is -9.22. The van der Waals surface area contributed by atoms with Crippen LogP contribution in [0.4, 0.5) is 37.7 Å². The van der Waals surface area contributed by atoms with Gasteiger partial charge in [-0.3, -0.25) is 24.6 Å². The summed E-state index contributed by atoms with van der Waals surface area (Å²) in [7, 11) is 1.45. The number of hydrogen-bond acceptors (Lipinski definition) is 7. The number of nitrogens with one attached hydrogen (secondary N) is 1. The first-order valence-electron chi connectivity index (χ1n) is 18.6. The molecule has 2 aliphatic carbocycles. The number of aromatic hydroxyl groups is 1. The molecule has 0 aromatic heterocycles. The van der Waals surface area contributed by atoms with Gasteiger partial charge in [-0.1, -0.05) is 59.1 Å². The number of halogens is 8. The van der Waals surface area contributed by atoms with Gasteiger partial charge in [-0.2, -0.15) is 31.4 Å². The quantitative estimate of drug-likeness (QED) is 0.113. The van der Waals surface area contributed by atoms with Crippen LogP contribution in [0, 0.1) is 37.5 Å². The second-order valence-electron chi connectivity index (χ2n) is 15.5. The second kappa shape index (κ2) is 14.3. The summed E-state index contributed by atoms with van der Waals surface area (Å²) >= 11 is 12.6. The molecule has 2 heterocycles. The smallest absolute Gasteiger partial charge is 0.416 e. The lowest BCUT2D eigenvalue weighted by Crippen LogP contribution is -2.53. The van der Waals surface area contributed by atoms with Crippen LogP contribution in [0.5, 0.6) is 11.5 Å². The van der Waals surface area contributed by atoms with Crippen LogP contribution in [0.3, 0.4) is 0 Å². The van der Waals surface area contributed by atoms with Crippen molar-refractivity contribution >= 4 is 58.2 Å². The molecule has 9 nitrogen and oxygen atoms in total. The maximum Gasteiger partial charge on any atom is 0.416 e. The predicted molar refractivity (Wildman–Crippen MR) is 207 cm³/mol. The van der Waals surface area contributed by atoms with Crippen molar-refractivity contribution in [3.63, 3.8) is 0 Å². The number of phenolic OH excluding ortho intramolecular Hbond substituents is 1. The van der Waals surface area contributed by atoms with Crippen molar-refractivity contribution in [2.24, 2.45) is 23.7 Å². The van der Waals surface area contributed by atoms with E-state index < -0.39 is 87.8 Å². The van der Waals surface area contributed by atoms with Gasteiger partial charge in [0.1, 0.15) is 11.5 Å². The third-order valence-electron chi connectivity index (χ3n) is 12.3. The summed E-state index contributed by atoms with van der Waals surface area (Å²) in [5.74, 6) is -8.99. The summed E-state index contributed by atoms with van der Waals surface area (Å²) in [5, 5.41) is 12.1. The number of fused-ring (bicyclic) bond motifs is 4. The van der Waals surface area contributed by atoms with Crippen LogP contribution < -0.4 is 15.1 Å². The molecule has 4 aromatic carbocycles. The van der Waals surface area contributed by atoms with E-state index in [1.807, 2.05) is 0 Å². The van der Waals surface area contributed by atoms with Gasteiger partial charge in [0.2, 0.25) is 11.8 Å². The zero-order chi connectivity index (χ0) is 43.4. The Bertz CT molecular complexity index is 2490. The van der Waals surface area contributed by atoms with E-state index in [4.69, 9.17) is 27.9 Å². The highest BCUT2D eigenvalue weighted by atomic mass is 35.5. The number of benzene rings is 4. The number of imide groups is 2. The number of hydrazine groups is 1. The van der Waals surface area contributed by atoms with Crippen LogP contribution in [0.15, 0.2) is 84.4 Å². The van der Waals surface area contributed by atoms with E-state index in [9.17, 15) is 45.8 Å². The van der Waals surface area contributed by atoms with Crippen molar-refractivity contribution in [2.45, 2.75) is 50.4 Å². The van der Waals surface area contributed by atoms with E-state index >= 15 is 4.79 Å². The lowest BCUT2D eigenvalue weighted by molar-refractivity contribution is -0.143. The molecule has 0 radical (unpaired) electrons. The Morgan fingerprint density at radius 1 is 0.800 bits per heavy atom. The Labute approximate surface area is 348 Å². The minimum Gasteiger partial charge on any atom is -0.507 e. The van der Waals surface area contributed by atoms with Crippen LogP contribution in [-0.2, 0) is 36.9 Å². The maximum atomic E-state index is 15.5. The molecule has 8 rings (SSSR count). The lowest BCUT2D eigenvalue weighted by Gasteiger charge is -2.50. The number of carbonyl (C=O) groups is 4. The average molecular weight is 873 g/mol. The highest BCUT2D eigenvalue weighted by Gasteiger charge is 2.70. The Kier molecular flexibility index (Phi) is 9.82. The van der Waals surface area contributed by atoms with Gasteiger partial charge in [-0.05, 0) is 103 Å². The van der Waals surface area contributed by atoms with Crippen molar-refractivity contribution in [3.05, 3.63) is 128 Å². The van der Waals surface area contributed by atoms with E-state index in [1.165, 1.54) is 25.3 Å². The number of alkyl halides is 6. The number of nitrogens with zero attached hydrogens (tertiary/aromatic N) is 2. The van der Waals surface area contributed by atoms with Crippen molar-refractivity contribution in [2.75, 3.05) is 17.4 Å². The number of rotatable bonds is 6. The molecule has 60 heavy (non-hydrogen) atoms. The van der Waals surface area contributed by atoms with Crippen molar-refractivity contribution in [1.82, 2.24) is 5.01 Å². The summed E-state index contributed by atoms with van der Waals surface area (Å²) in [5.41, 5.74) is -0.897. The molecule has 1 saturated carbocycles. The first kappa shape index (κ1) is 41.2. The number of amides is 4. The van der Waals surface area contributed by atoms with Gasteiger partial charge in [0.25, 0.3) is 11.8 Å². The molecule has 6 atom stereocenters. The van der Waals surface area contributed by atoms with Gasteiger partial charge in [0, 0.05) is 10.9 Å². The monoisotopic (exact) mass is 871 g/mol. The second-order valence-corrected chi connectivity index (χ2v) is 16.3. The Hall–Kier alpha value is -5.54. The number of aryl methyl sites for hydroxylation is 2. The average Bonchev–Trinajstić information content (AvgIpc) is 3.57. The molecule has 3 fully saturated rings. The van der Waals surface area contributed by atoms with Gasteiger partial charge in [0.05, 0.1) is 57.8 Å². The van der Waals surface area contributed by atoms with Crippen LogP contribution in [-0.4, -0.2) is 40.9 Å². The lowest BCUT2D eigenvalue weighted by atomic mass is 9.49. The summed E-state index contributed by atoms with van der Waals surface area (Å²) < 4.78 is 89.2. The van der Waals surface area contributed by atoms with Crippen molar-refractivity contribution in [1.29, 1.82) is 0 Å². The van der Waals surface area contributed by atoms with Gasteiger partial charge >= 0.3 is 12.4 Å². The van der Waals surface area contributed by atoms with E-state index in [2.05, 4.69) is 5.43 Å². The van der Waals surface area contributed by atoms with E-state index in [0.717, 1.165) is 5.01 Å². The Balaban J connectivity index is 1.33. The fourth-order valence-corrected chi connectivity index (χ4v) is 10.1. The number of phenols is 1. The largest absolute Gasteiger partial charge is 0.507 e. The molecule has 4 amide bonds. The third-order valence-corrected chi connectivity index (χ3v) is 12.8. The number of ether oxygens (including phenoxy) is 1. The summed E-state index contributed by atoms with van der Waals surface area (Å²) in [4.78, 5) is 59.6. The van der Waals surface area contributed by atoms with E-state index in [0.29, 0.717) is 50.6 Å². The fourth-order valence-electron chi connectivity index (χ4n) is 9.70. The molecule has 2 saturated heterocycles. The van der Waals surface area contributed by atoms with Crippen molar-refractivity contribution < 1.29 is 55.4 Å². The van der Waals surface area contributed by atoms with E-state index in [-0.39, 0.29) is 40.4 Å². The molecule has 17 heteroatoms. The molecular formula is C43H33Cl2F6N3O6. The zero-order valence-electron chi connectivity index (χ0n) is 31.7. The molecule has 2 N–H and O–H groups in total. The minimum absolute atomic E-state index is 0.0279. The molecule has 312 valence electrons. The number of allylic oxidation sites excluding steroid dienone is 2. The molecule has 4 aromatic rings. The van der Waals surface area contributed by atoms with Gasteiger partial charge in [-0.15, -0.1) is 0 Å². The molecule has 4 aliphatic rings. The SMILES string of the molecule is COc1ccc(C23C(=O)N(Nc4ccc(Cl)cc4Cl)C(=O)C2CC2C(=CCC4C(=O)N(c5cc(C(F)(F)F)cc(C(F)(F)F)c5)C(=O)C42)C3c2cc(C)c(O)c(C)c2)cc1. The molecule has 0 bridgehead atoms. The molecule has 0 spiro atoms. The normalized spacial score (nSPS) is 25.2. The highest BCUT2D eigenvalue weighted by Crippen LogP contribution is 2.64. The van der Waals surface area contributed by atoms with Gasteiger partial charge < -0.3 is 9.84 Å². The number of methoxy groups -OCH3 is 1. The first-order valence-corrected chi connectivity index (χ1v) is 19.4. The first-order chi connectivity index (χ1) is 28.2. The molecule has 6 unspecified atom stereocenters. The van der Waals surface area contributed by atoms with Gasteiger partial charge in [0.15, 0.2) is 0 Å². The fraction of sp³-hybridized carbons (Fsp3) is 0.302.